The van der Waals surface area contributed by atoms with Crippen LogP contribution >= 0.6 is 0 Å². The van der Waals surface area contributed by atoms with Crippen molar-refractivity contribution in [3.8, 4) is 0 Å². The molecule has 0 saturated carbocycles. The van der Waals surface area contributed by atoms with Crippen molar-refractivity contribution in [3.63, 3.8) is 0 Å². The molecule has 0 aliphatic carbocycles. The van der Waals surface area contributed by atoms with Crippen molar-refractivity contribution in [1.82, 2.24) is 4.90 Å². The molecule has 5 heteroatoms. The van der Waals surface area contributed by atoms with Gasteiger partial charge in [0.05, 0.1) is 12.0 Å². The minimum Gasteiger partial charge on any atom is -0.548 e. The molecule has 0 aromatic rings. The van der Waals surface area contributed by atoms with E-state index in [0.29, 0.717) is 19.4 Å². The molecule has 1 fully saturated rings. The largest absolute Gasteiger partial charge is 1.00 e. The van der Waals surface area contributed by atoms with Gasteiger partial charge in [-0.15, -0.1) is 0 Å². The summed E-state index contributed by atoms with van der Waals surface area (Å²) in [7, 11) is 0. The van der Waals surface area contributed by atoms with Gasteiger partial charge in [-0.1, -0.05) is 84.0 Å². The summed E-state index contributed by atoms with van der Waals surface area (Å²) in [5, 5.41) is 11.0. The Morgan fingerprint density at radius 1 is 0.846 bits per heavy atom. The number of aliphatic carboxylic acids is 1. The van der Waals surface area contributed by atoms with Crippen molar-refractivity contribution in [2.24, 2.45) is 0 Å². The van der Waals surface area contributed by atoms with Crippen LogP contribution in [-0.2, 0) is 9.59 Å². The number of amides is 1. The van der Waals surface area contributed by atoms with Crippen molar-refractivity contribution in [1.29, 1.82) is 0 Å². The molecular weight excluding hydrogens is 337 g/mol. The van der Waals surface area contributed by atoms with Crippen molar-refractivity contribution >= 4 is 11.9 Å². The number of unbranched alkanes of at least 4 members (excludes halogenated alkanes) is 12. The van der Waals surface area contributed by atoms with E-state index in [-0.39, 0.29) is 35.5 Å². The zero-order valence-electron chi connectivity index (χ0n) is 17.3. The molecule has 26 heavy (non-hydrogen) atoms. The summed E-state index contributed by atoms with van der Waals surface area (Å²) in [4.78, 5) is 24.6. The van der Waals surface area contributed by atoms with Gasteiger partial charge in [-0.2, -0.15) is 0 Å². The predicted octanol–water partition coefficient (Wildman–Crippen LogP) is 1.21. The molecule has 1 amide bonds. The van der Waals surface area contributed by atoms with Crippen LogP contribution in [0.5, 0.6) is 0 Å². The Morgan fingerprint density at radius 3 is 1.77 bits per heavy atom. The van der Waals surface area contributed by atoms with Crippen molar-refractivity contribution in [2.45, 2.75) is 116 Å². The maximum atomic E-state index is 12.1. The zero-order valence-corrected chi connectivity index (χ0v) is 19.3. The molecule has 0 bridgehead atoms. The fourth-order valence-corrected chi connectivity index (χ4v) is 3.75. The van der Waals surface area contributed by atoms with E-state index < -0.39 is 12.0 Å². The van der Waals surface area contributed by atoms with Crippen LogP contribution < -0.4 is 34.7 Å². The third-order valence-electron chi connectivity index (χ3n) is 5.34. The molecule has 0 aromatic heterocycles. The molecule has 4 nitrogen and oxygen atoms in total. The molecule has 1 aliphatic rings. The van der Waals surface area contributed by atoms with Gasteiger partial charge in [0.2, 0.25) is 5.91 Å². The first-order valence-corrected chi connectivity index (χ1v) is 10.7. The summed E-state index contributed by atoms with van der Waals surface area (Å²) < 4.78 is 0. The molecule has 1 saturated heterocycles. The van der Waals surface area contributed by atoms with Crippen LogP contribution in [0.25, 0.3) is 0 Å². The van der Waals surface area contributed by atoms with E-state index in [2.05, 4.69) is 6.92 Å². The monoisotopic (exact) mass is 375 g/mol. The standard InChI is InChI=1S/C21H39NO3.Na/c1-2-3-4-5-6-7-8-9-10-11-12-13-14-17-20(23)22-18-15-16-19(22)21(24)25;/h19H,2-18H2,1H3,(H,24,25);/q;+1/p-1/t19-;/m1./s1. The van der Waals surface area contributed by atoms with E-state index in [1.807, 2.05) is 0 Å². The van der Waals surface area contributed by atoms with Gasteiger partial charge < -0.3 is 14.8 Å². The topological polar surface area (TPSA) is 60.4 Å². The summed E-state index contributed by atoms with van der Waals surface area (Å²) in [5.74, 6) is -1.11. The predicted molar refractivity (Wildman–Crippen MR) is 100 cm³/mol. The zero-order chi connectivity index (χ0) is 18.3. The molecule has 0 N–H and O–H groups in total. The third-order valence-corrected chi connectivity index (χ3v) is 5.34. The molecule has 1 heterocycles. The van der Waals surface area contributed by atoms with Gasteiger partial charge in [-0.25, -0.2) is 0 Å². The second kappa shape index (κ2) is 17.1. The number of carbonyl (C=O) groups is 2. The molecule has 0 aromatic carbocycles. The van der Waals surface area contributed by atoms with Gasteiger partial charge in [-0.05, 0) is 19.3 Å². The van der Waals surface area contributed by atoms with Crippen LogP contribution in [0.2, 0.25) is 0 Å². The number of carbonyl (C=O) groups excluding carboxylic acids is 2. The number of rotatable bonds is 15. The van der Waals surface area contributed by atoms with E-state index in [1.54, 1.807) is 0 Å². The number of hydrogen-bond donors (Lipinski definition) is 0. The quantitative estimate of drug-likeness (QED) is 0.319. The van der Waals surface area contributed by atoms with E-state index >= 15 is 0 Å². The number of likely N-dealkylation sites (tertiary alicyclic amines) is 1. The SMILES string of the molecule is CCCCCCCCCCCCCCCC(=O)N1CCC[C@@H]1C(=O)[O-].[Na+]. The number of hydrogen-bond acceptors (Lipinski definition) is 3. The van der Waals surface area contributed by atoms with Gasteiger partial charge in [-0.3, -0.25) is 4.79 Å². The van der Waals surface area contributed by atoms with Crippen LogP contribution in [-0.4, -0.2) is 29.4 Å². The minimum absolute atomic E-state index is 0. The van der Waals surface area contributed by atoms with E-state index in [9.17, 15) is 14.7 Å². The van der Waals surface area contributed by atoms with Gasteiger partial charge in [0.1, 0.15) is 0 Å². The minimum atomic E-state index is -1.10. The number of nitrogens with zero attached hydrogens (tertiary/aromatic N) is 1. The van der Waals surface area contributed by atoms with E-state index in [4.69, 9.17) is 0 Å². The van der Waals surface area contributed by atoms with Gasteiger partial charge >= 0.3 is 29.6 Å². The molecule has 0 radical (unpaired) electrons. The van der Waals surface area contributed by atoms with Crippen LogP contribution in [0.3, 0.4) is 0 Å². The molecule has 1 rings (SSSR count). The van der Waals surface area contributed by atoms with Crippen molar-refractivity contribution in [2.75, 3.05) is 6.54 Å². The fraction of sp³-hybridized carbons (Fsp3) is 0.905. The molecule has 146 valence electrons. The van der Waals surface area contributed by atoms with Gasteiger partial charge in [0, 0.05) is 13.0 Å². The normalized spacial score (nSPS) is 16.5. The number of carboxylic acid groups (broad SMARTS) is 1. The van der Waals surface area contributed by atoms with Crippen molar-refractivity contribution in [3.05, 3.63) is 0 Å². The Labute approximate surface area is 182 Å². The Morgan fingerprint density at radius 2 is 1.31 bits per heavy atom. The molecule has 1 aliphatic heterocycles. The average molecular weight is 376 g/mol. The molecule has 0 unspecified atom stereocenters. The molecule has 1 atom stereocenters. The second-order valence-electron chi connectivity index (χ2n) is 7.56. The van der Waals surface area contributed by atoms with Crippen LogP contribution in [0.1, 0.15) is 110 Å². The van der Waals surface area contributed by atoms with Crippen LogP contribution in [0, 0.1) is 0 Å². The molecular formula is C21H38NNaO3. The first kappa shape index (κ1) is 25.9. The summed E-state index contributed by atoms with van der Waals surface area (Å²) >= 11 is 0. The van der Waals surface area contributed by atoms with Crippen LogP contribution in [0.4, 0.5) is 0 Å². The Hall–Kier alpha value is -0.0600. The first-order chi connectivity index (χ1) is 12.2. The smallest absolute Gasteiger partial charge is 0.548 e. The summed E-state index contributed by atoms with van der Waals surface area (Å²) in [6, 6.07) is -0.686. The van der Waals surface area contributed by atoms with Crippen LogP contribution in [0.15, 0.2) is 0 Å². The Bertz CT molecular complexity index is 376. The van der Waals surface area contributed by atoms with Crippen molar-refractivity contribution < 1.29 is 44.3 Å². The number of carboxylic acids is 1. The Balaban J connectivity index is 0.00000625. The fourth-order valence-electron chi connectivity index (χ4n) is 3.75. The van der Waals surface area contributed by atoms with Gasteiger partial charge in [0.15, 0.2) is 0 Å². The van der Waals surface area contributed by atoms with E-state index in [0.717, 1.165) is 19.3 Å². The summed E-state index contributed by atoms with van der Waals surface area (Å²) in [6.45, 7) is 2.84. The first-order valence-electron chi connectivity index (χ1n) is 10.7. The van der Waals surface area contributed by atoms with E-state index in [1.165, 1.54) is 75.5 Å². The third kappa shape index (κ3) is 11.6. The second-order valence-corrected chi connectivity index (χ2v) is 7.56. The average Bonchev–Trinajstić information content (AvgIpc) is 3.09. The summed E-state index contributed by atoms with van der Waals surface area (Å²) in [6.07, 6.45) is 18.5. The maximum absolute atomic E-state index is 12.1. The summed E-state index contributed by atoms with van der Waals surface area (Å²) in [5.41, 5.74) is 0. The van der Waals surface area contributed by atoms with Gasteiger partial charge in [0.25, 0.3) is 0 Å². The Kier molecular flexibility index (Phi) is 17.0. The molecule has 0 spiro atoms. The maximum Gasteiger partial charge on any atom is 1.00 e.